The minimum atomic E-state index is -0.743. The Kier molecular flexibility index (Phi) is 6.07. The molecule has 0 bridgehead atoms. The molecule has 2 aliphatic heterocycles. The van der Waals surface area contributed by atoms with E-state index in [1.54, 1.807) is 35.2 Å². The van der Waals surface area contributed by atoms with Gasteiger partial charge in [-0.25, -0.2) is 15.0 Å². The number of fused-ring (bicyclic) bond motifs is 2. The van der Waals surface area contributed by atoms with Crippen LogP contribution in [-0.2, 0) is 18.4 Å². The minimum Gasteiger partial charge on any atom is -0.347 e. The molecule has 12 heteroatoms. The third kappa shape index (κ3) is 4.10. The first-order chi connectivity index (χ1) is 15.5. The Balaban J connectivity index is 1.45. The van der Waals surface area contributed by atoms with Gasteiger partial charge in [-0.15, -0.1) is 0 Å². The Bertz CT molecular complexity index is 1130. The number of benzene rings is 1. The molecule has 1 N–H and O–H groups in total. The molecule has 4 atom stereocenters. The average Bonchev–Trinajstić information content (AvgIpc) is 3.44. The fraction of sp³-hybridized carbons (Fsp3) is 0.400. The van der Waals surface area contributed by atoms with Crippen LogP contribution in [0.15, 0.2) is 43.0 Å². The maximum atomic E-state index is 12.6. The number of aromatic nitrogens is 4. The second kappa shape index (κ2) is 8.83. The maximum Gasteiger partial charge on any atom is 0.256 e. The summed E-state index contributed by atoms with van der Waals surface area (Å²) in [6.07, 6.45) is 1.50. The monoisotopic (exact) mass is 569 g/mol. The number of carbonyl (C=O) groups excluding carboxylic acids is 1. The largest absolute Gasteiger partial charge is 0.347 e. The van der Waals surface area contributed by atoms with Gasteiger partial charge in [0.05, 0.1) is 22.1 Å². The van der Waals surface area contributed by atoms with Gasteiger partial charge in [0, 0.05) is 26.8 Å². The molecule has 168 valence electrons. The van der Waals surface area contributed by atoms with E-state index < -0.39 is 12.0 Å². The quantitative estimate of drug-likeness (QED) is 0.352. The van der Waals surface area contributed by atoms with E-state index in [9.17, 15) is 4.79 Å². The lowest BCUT2D eigenvalue weighted by atomic mass is 10.1. The van der Waals surface area contributed by atoms with Crippen LogP contribution in [0.3, 0.4) is 0 Å². The van der Waals surface area contributed by atoms with E-state index in [4.69, 9.17) is 18.4 Å². The zero-order valence-electron chi connectivity index (χ0n) is 17.2. The lowest BCUT2D eigenvalue weighted by molar-refractivity contribution is -0.198. The van der Waals surface area contributed by atoms with Crippen molar-refractivity contribution in [2.75, 3.05) is 11.9 Å². The molecule has 2 fully saturated rings. The number of rotatable bonds is 6. The standard InChI is InChI=1S/C20H20IN5O5S/c1-20(2)30-14-12(8-28-32-21)29-19(15(14)31-20)26-10-24-13-16(22-9-23-17(13)26)25-18(27)11-6-4-3-5-7-11/h3-7,9-10,12,14-15,19H,8H2,1-2H3,(H,22,23,25,27). The number of amides is 1. The van der Waals surface area contributed by atoms with Crippen molar-refractivity contribution in [3.8, 4) is 0 Å². The first kappa shape index (κ1) is 22.0. The van der Waals surface area contributed by atoms with Crippen LogP contribution in [0.2, 0.25) is 0 Å². The summed E-state index contributed by atoms with van der Waals surface area (Å²) in [5, 5.41) is 2.81. The van der Waals surface area contributed by atoms with E-state index in [-0.39, 0.29) is 24.2 Å². The Hall–Kier alpha value is -1.84. The molecule has 5 rings (SSSR count). The fourth-order valence-electron chi connectivity index (χ4n) is 4.01. The Morgan fingerprint density at radius 3 is 2.78 bits per heavy atom. The molecule has 10 nitrogen and oxygen atoms in total. The molecular formula is C20H20IN5O5S. The molecule has 3 aromatic rings. The van der Waals surface area contributed by atoms with Gasteiger partial charge in [0.1, 0.15) is 24.6 Å². The van der Waals surface area contributed by atoms with Crippen molar-refractivity contribution in [1.82, 2.24) is 19.5 Å². The summed E-state index contributed by atoms with van der Waals surface area (Å²) >= 11 is 2.07. The second-order valence-electron chi connectivity index (χ2n) is 7.84. The van der Waals surface area contributed by atoms with Crippen LogP contribution in [0.5, 0.6) is 0 Å². The van der Waals surface area contributed by atoms with E-state index in [2.05, 4.69) is 41.5 Å². The van der Waals surface area contributed by atoms with E-state index in [1.165, 1.54) is 15.5 Å². The molecule has 1 amide bonds. The van der Waals surface area contributed by atoms with Gasteiger partial charge in [-0.05, 0) is 26.0 Å². The molecule has 32 heavy (non-hydrogen) atoms. The third-order valence-corrected chi connectivity index (χ3v) is 6.29. The molecule has 2 saturated heterocycles. The van der Waals surface area contributed by atoms with Crippen molar-refractivity contribution in [2.24, 2.45) is 0 Å². The summed E-state index contributed by atoms with van der Waals surface area (Å²) in [5.41, 5.74) is 1.50. The average molecular weight is 569 g/mol. The normalized spacial score (nSPS) is 26.3. The summed E-state index contributed by atoms with van der Waals surface area (Å²) in [6, 6.07) is 8.91. The summed E-state index contributed by atoms with van der Waals surface area (Å²) in [5.74, 6) is -0.699. The first-order valence-electron chi connectivity index (χ1n) is 9.92. The predicted octanol–water partition coefficient (Wildman–Crippen LogP) is 3.51. The van der Waals surface area contributed by atoms with Crippen molar-refractivity contribution in [2.45, 2.75) is 44.2 Å². The second-order valence-corrected chi connectivity index (χ2v) is 9.28. The van der Waals surface area contributed by atoms with E-state index in [0.717, 1.165) is 0 Å². The maximum absolute atomic E-state index is 12.6. The molecule has 2 aromatic heterocycles. The van der Waals surface area contributed by atoms with Gasteiger partial charge in [-0.1, -0.05) is 18.2 Å². The molecule has 0 radical (unpaired) electrons. The van der Waals surface area contributed by atoms with E-state index in [0.29, 0.717) is 29.2 Å². The van der Waals surface area contributed by atoms with Crippen molar-refractivity contribution in [3.05, 3.63) is 48.5 Å². The molecule has 4 heterocycles. The fourth-order valence-corrected chi connectivity index (χ4v) is 4.63. The molecule has 2 aliphatic rings. The van der Waals surface area contributed by atoms with E-state index in [1.807, 2.05) is 19.9 Å². The lowest BCUT2D eigenvalue weighted by Gasteiger charge is -2.24. The Morgan fingerprint density at radius 2 is 2.00 bits per heavy atom. The number of nitrogens with zero attached hydrogens (tertiary/aromatic N) is 4. The van der Waals surface area contributed by atoms with Crippen LogP contribution in [0, 0.1) is 0 Å². The topological polar surface area (TPSA) is 110 Å². The van der Waals surface area contributed by atoms with Gasteiger partial charge in [0.15, 0.2) is 29.0 Å². The Morgan fingerprint density at radius 1 is 1.22 bits per heavy atom. The molecule has 0 spiro atoms. The molecule has 1 aromatic carbocycles. The van der Waals surface area contributed by atoms with Crippen LogP contribution in [0.1, 0.15) is 30.4 Å². The van der Waals surface area contributed by atoms with Crippen LogP contribution in [-0.4, -0.2) is 56.1 Å². The highest BCUT2D eigenvalue weighted by Gasteiger charge is 2.56. The summed E-state index contributed by atoms with van der Waals surface area (Å²) in [4.78, 5) is 25.7. The SMILES string of the molecule is CC1(C)OC2C(COSI)OC(n3cnc4c(NC(=O)c5ccccc5)ncnc43)C2O1. The van der Waals surface area contributed by atoms with Gasteiger partial charge in [0.25, 0.3) is 5.91 Å². The van der Waals surface area contributed by atoms with Crippen molar-refractivity contribution in [1.29, 1.82) is 0 Å². The highest BCUT2D eigenvalue weighted by atomic mass is 127. The van der Waals surface area contributed by atoms with Crippen LogP contribution in [0.4, 0.5) is 5.82 Å². The van der Waals surface area contributed by atoms with Crippen LogP contribution < -0.4 is 5.32 Å². The highest BCUT2D eigenvalue weighted by Crippen LogP contribution is 2.44. The number of imidazole rings is 1. The molecule has 0 saturated carbocycles. The zero-order chi connectivity index (χ0) is 22.3. The number of halogens is 1. The summed E-state index contributed by atoms with van der Waals surface area (Å²) in [7, 11) is 1.24. The molecular weight excluding hydrogens is 549 g/mol. The molecule has 0 aliphatic carbocycles. The number of hydrogen-bond acceptors (Lipinski definition) is 9. The lowest BCUT2D eigenvalue weighted by Crippen LogP contribution is -2.32. The van der Waals surface area contributed by atoms with Gasteiger partial charge in [-0.2, -0.15) is 0 Å². The summed E-state index contributed by atoms with van der Waals surface area (Å²) < 4.78 is 25.8. The van der Waals surface area contributed by atoms with Gasteiger partial charge in [0.2, 0.25) is 0 Å². The number of nitrogens with one attached hydrogen (secondary N) is 1. The number of anilines is 1. The van der Waals surface area contributed by atoms with Crippen molar-refractivity contribution in [3.63, 3.8) is 0 Å². The van der Waals surface area contributed by atoms with Gasteiger partial charge < -0.3 is 23.7 Å². The van der Waals surface area contributed by atoms with Gasteiger partial charge >= 0.3 is 0 Å². The molecule has 4 unspecified atom stereocenters. The van der Waals surface area contributed by atoms with Crippen molar-refractivity contribution >= 4 is 53.3 Å². The minimum absolute atomic E-state index is 0.278. The van der Waals surface area contributed by atoms with Crippen molar-refractivity contribution < 1.29 is 23.2 Å². The number of carbonyl (C=O) groups is 1. The Labute approximate surface area is 200 Å². The predicted molar refractivity (Wildman–Crippen MR) is 125 cm³/mol. The number of hydrogen-bond donors (Lipinski definition) is 1. The highest BCUT2D eigenvalue weighted by molar-refractivity contribution is 14.2. The third-order valence-electron chi connectivity index (χ3n) is 5.30. The first-order valence-corrected chi connectivity index (χ1v) is 13.2. The van der Waals surface area contributed by atoms with Crippen LogP contribution >= 0.6 is 30.4 Å². The smallest absolute Gasteiger partial charge is 0.256 e. The van der Waals surface area contributed by atoms with E-state index >= 15 is 0 Å². The van der Waals surface area contributed by atoms with Crippen LogP contribution in [0.25, 0.3) is 11.2 Å². The number of ether oxygens (including phenoxy) is 3. The summed E-state index contributed by atoms with van der Waals surface area (Å²) in [6.45, 7) is 4.10. The van der Waals surface area contributed by atoms with Gasteiger partial charge in [-0.3, -0.25) is 9.36 Å². The zero-order valence-corrected chi connectivity index (χ0v) is 20.1.